The molecule has 4 heteroatoms. The molecule has 1 aromatic rings. The van der Waals surface area contributed by atoms with Gasteiger partial charge >= 0.3 is 0 Å². The van der Waals surface area contributed by atoms with Crippen molar-refractivity contribution >= 4 is 15.9 Å². The maximum atomic E-state index is 5.10. The molecule has 0 atom stereocenters. The third-order valence-electron chi connectivity index (χ3n) is 1.22. The molecule has 0 fully saturated rings. The van der Waals surface area contributed by atoms with Gasteiger partial charge in [-0.15, -0.1) is 0 Å². The van der Waals surface area contributed by atoms with Crippen LogP contribution < -0.4 is 9.47 Å². The van der Waals surface area contributed by atoms with Gasteiger partial charge in [0.25, 0.3) is 5.88 Å². The smallest absolute Gasteiger partial charge is 0.261 e. The van der Waals surface area contributed by atoms with Gasteiger partial charge < -0.3 is 9.47 Å². The molecule has 0 bridgehead atoms. The summed E-state index contributed by atoms with van der Waals surface area (Å²) in [6.45, 7) is 0.269. The predicted molar refractivity (Wildman–Crippen MR) is 38.1 cm³/mol. The Balaban J connectivity index is 2.59. The van der Waals surface area contributed by atoms with Gasteiger partial charge in [0.1, 0.15) is 0 Å². The van der Waals surface area contributed by atoms with E-state index in [9.17, 15) is 0 Å². The Kier molecular flexibility index (Phi) is 1.27. The van der Waals surface area contributed by atoms with Gasteiger partial charge in [0.05, 0.1) is 4.47 Å². The second-order valence-corrected chi connectivity index (χ2v) is 2.69. The summed E-state index contributed by atoms with van der Waals surface area (Å²) in [6.07, 6.45) is 1.66. The number of ether oxygens (including phenoxy) is 2. The molecule has 0 radical (unpaired) electrons. The molecule has 52 valence electrons. The first-order valence-electron chi connectivity index (χ1n) is 2.78. The average molecular weight is 202 g/mol. The molecule has 0 N–H and O–H groups in total. The number of hydrogen-bond donors (Lipinski definition) is 0. The summed E-state index contributed by atoms with van der Waals surface area (Å²) >= 11 is 3.30. The monoisotopic (exact) mass is 201 g/mol. The highest BCUT2D eigenvalue weighted by atomic mass is 79.9. The van der Waals surface area contributed by atoms with Crippen LogP contribution in [0, 0.1) is 0 Å². The van der Waals surface area contributed by atoms with Crippen molar-refractivity contribution < 1.29 is 9.47 Å². The summed E-state index contributed by atoms with van der Waals surface area (Å²) in [5.41, 5.74) is 0. The van der Waals surface area contributed by atoms with E-state index < -0.39 is 0 Å². The summed E-state index contributed by atoms with van der Waals surface area (Å²) < 4.78 is 11.0. The summed E-state index contributed by atoms with van der Waals surface area (Å²) in [7, 11) is 0. The van der Waals surface area contributed by atoms with Gasteiger partial charge in [-0.05, 0) is 22.0 Å². The quantitative estimate of drug-likeness (QED) is 0.639. The van der Waals surface area contributed by atoms with E-state index in [0.29, 0.717) is 11.6 Å². The Hall–Kier alpha value is -0.770. The van der Waals surface area contributed by atoms with Gasteiger partial charge in [0.2, 0.25) is 6.79 Å². The predicted octanol–water partition coefficient (Wildman–Crippen LogP) is 1.57. The van der Waals surface area contributed by atoms with Crippen molar-refractivity contribution in [1.29, 1.82) is 0 Å². The van der Waals surface area contributed by atoms with Crippen LogP contribution in [0.5, 0.6) is 11.6 Å². The second-order valence-electron chi connectivity index (χ2n) is 1.83. The number of rotatable bonds is 0. The zero-order valence-electron chi connectivity index (χ0n) is 5.00. The molecule has 0 aliphatic carbocycles. The van der Waals surface area contributed by atoms with Crippen LogP contribution in [0.15, 0.2) is 16.7 Å². The van der Waals surface area contributed by atoms with E-state index in [-0.39, 0.29) is 6.79 Å². The standard InChI is InChI=1S/C6H4BrNO2/c7-4-1-2-8-6-5(4)9-3-10-6/h1-2H,3H2. The van der Waals surface area contributed by atoms with E-state index in [1.165, 1.54) is 0 Å². The SMILES string of the molecule is Brc1ccnc2c1OCO2. The molecule has 0 saturated carbocycles. The fraction of sp³-hybridized carbons (Fsp3) is 0.167. The van der Waals surface area contributed by atoms with Gasteiger partial charge in [-0.25, -0.2) is 4.98 Å². The van der Waals surface area contributed by atoms with Crippen LogP contribution in [0.25, 0.3) is 0 Å². The van der Waals surface area contributed by atoms with Crippen molar-refractivity contribution in [3.05, 3.63) is 16.7 Å². The Morgan fingerprint density at radius 1 is 1.50 bits per heavy atom. The van der Waals surface area contributed by atoms with Crippen molar-refractivity contribution in [2.75, 3.05) is 6.79 Å². The molecule has 0 aromatic carbocycles. The molecule has 1 aromatic heterocycles. The molecule has 1 aliphatic rings. The first-order valence-corrected chi connectivity index (χ1v) is 3.57. The van der Waals surface area contributed by atoms with Gasteiger partial charge in [-0.1, -0.05) is 0 Å². The van der Waals surface area contributed by atoms with Gasteiger partial charge in [-0.2, -0.15) is 0 Å². The van der Waals surface area contributed by atoms with E-state index in [1.807, 2.05) is 6.07 Å². The van der Waals surface area contributed by atoms with Crippen LogP contribution in [0.3, 0.4) is 0 Å². The van der Waals surface area contributed by atoms with Crippen molar-refractivity contribution in [3.63, 3.8) is 0 Å². The van der Waals surface area contributed by atoms with Crippen LogP contribution in [-0.2, 0) is 0 Å². The Bertz CT molecular complexity index is 264. The third-order valence-corrected chi connectivity index (χ3v) is 1.85. The molecule has 0 amide bonds. The van der Waals surface area contributed by atoms with Gasteiger partial charge in [-0.3, -0.25) is 0 Å². The van der Waals surface area contributed by atoms with Crippen LogP contribution in [0.2, 0.25) is 0 Å². The summed E-state index contributed by atoms with van der Waals surface area (Å²) in [5.74, 6) is 1.26. The number of nitrogens with zero attached hydrogens (tertiary/aromatic N) is 1. The van der Waals surface area contributed by atoms with E-state index in [2.05, 4.69) is 20.9 Å². The molecule has 1 aliphatic heterocycles. The highest BCUT2D eigenvalue weighted by molar-refractivity contribution is 9.10. The van der Waals surface area contributed by atoms with E-state index in [0.717, 1.165) is 4.47 Å². The fourth-order valence-electron chi connectivity index (χ4n) is 0.785. The molecule has 3 nitrogen and oxygen atoms in total. The summed E-state index contributed by atoms with van der Waals surface area (Å²) in [6, 6.07) is 1.81. The van der Waals surface area contributed by atoms with Crippen LogP contribution in [0.1, 0.15) is 0 Å². The van der Waals surface area contributed by atoms with Crippen LogP contribution in [-0.4, -0.2) is 11.8 Å². The van der Waals surface area contributed by atoms with Crippen molar-refractivity contribution in [3.8, 4) is 11.6 Å². The van der Waals surface area contributed by atoms with Crippen molar-refractivity contribution in [2.45, 2.75) is 0 Å². The van der Waals surface area contributed by atoms with Crippen LogP contribution in [0.4, 0.5) is 0 Å². The molecule has 0 saturated heterocycles. The lowest BCUT2D eigenvalue weighted by Crippen LogP contribution is -1.93. The van der Waals surface area contributed by atoms with Crippen molar-refractivity contribution in [2.24, 2.45) is 0 Å². The Morgan fingerprint density at radius 3 is 3.20 bits per heavy atom. The van der Waals surface area contributed by atoms with Gasteiger partial charge in [0.15, 0.2) is 5.75 Å². The third kappa shape index (κ3) is 0.759. The Morgan fingerprint density at radius 2 is 2.40 bits per heavy atom. The minimum Gasteiger partial charge on any atom is -0.451 e. The molecule has 0 spiro atoms. The first kappa shape index (κ1) is 5.97. The number of aromatic nitrogens is 1. The topological polar surface area (TPSA) is 31.4 Å². The molecular formula is C6H4BrNO2. The van der Waals surface area contributed by atoms with Crippen LogP contribution >= 0.6 is 15.9 Å². The minimum absolute atomic E-state index is 0.269. The molecule has 0 unspecified atom stereocenters. The zero-order chi connectivity index (χ0) is 6.97. The summed E-state index contributed by atoms with van der Waals surface area (Å²) in [5, 5.41) is 0. The number of hydrogen-bond acceptors (Lipinski definition) is 3. The highest BCUT2D eigenvalue weighted by Gasteiger charge is 2.16. The second kappa shape index (κ2) is 2.12. The lowest BCUT2D eigenvalue weighted by molar-refractivity contribution is 0.170. The first-order chi connectivity index (χ1) is 4.88. The number of halogens is 1. The molecule has 10 heavy (non-hydrogen) atoms. The lowest BCUT2D eigenvalue weighted by atomic mass is 10.4. The number of fused-ring (bicyclic) bond motifs is 1. The molecular weight excluding hydrogens is 198 g/mol. The fourth-order valence-corrected chi connectivity index (χ4v) is 1.19. The van der Waals surface area contributed by atoms with Gasteiger partial charge in [0, 0.05) is 6.20 Å². The van der Waals surface area contributed by atoms with E-state index in [1.54, 1.807) is 6.20 Å². The largest absolute Gasteiger partial charge is 0.451 e. The Labute approximate surface area is 66.1 Å². The lowest BCUT2D eigenvalue weighted by Gasteiger charge is -1.94. The maximum absolute atomic E-state index is 5.10. The zero-order valence-corrected chi connectivity index (χ0v) is 6.59. The normalized spacial score (nSPS) is 13.7. The highest BCUT2D eigenvalue weighted by Crippen LogP contribution is 2.36. The molecule has 2 heterocycles. The van der Waals surface area contributed by atoms with E-state index in [4.69, 9.17) is 9.47 Å². The number of pyridine rings is 1. The summed E-state index contributed by atoms with van der Waals surface area (Å²) in [4.78, 5) is 3.94. The minimum atomic E-state index is 0.269. The maximum Gasteiger partial charge on any atom is 0.261 e. The molecule has 2 rings (SSSR count). The van der Waals surface area contributed by atoms with E-state index >= 15 is 0 Å². The van der Waals surface area contributed by atoms with Crippen molar-refractivity contribution in [1.82, 2.24) is 4.98 Å². The average Bonchev–Trinajstić information content (AvgIpc) is 2.36.